The number of nitrogens with zero attached hydrogens (tertiary/aromatic N) is 2. The first-order valence-electron chi connectivity index (χ1n) is 10.3. The van der Waals surface area contributed by atoms with E-state index in [0.29, 0.717) is 6.61 Å². The second kappa shape index (κ2) is 8.37. The van der Waals surface area contributed by atoms with Crippen LogP contribution in [0.4, 0.5) is 0 Å². The van der Waals surface area contributed by atoms with Crippen molar-refractivity contribution in [1.82, 2.24) is 9.97 Å². The summed E-state index contributed by atoms with van der Waals surface area (Å²) in [6.07, 6.45) is 10.1. The van der Waals surface area contributed by atoms with Crippen molar-refractivity contribution in [2.75, 3.05) is 6.54 Å². The van der Waals surface area contributed by atoms with Gasteiger partial charge < -0.3 is 9.72 Å². The Balaban J connectivity index is 1.45. The first kappa shape index (κ1) is 18.4. The molecule has 0 unspecified atom stereocenters. The molecule has 0 spiro atoms. The van der Waals surface area contributed by atoms with E-state index in [2.05, 4.69) is 52.6 Å². The van der Waals surface area contributed by atoms with Crippen LogP contribution >= 0.6 is 0 Å². The highest BCUT2D eigenvalue weighted by Gasteiger charge is 2.15. The van der Waals surface area contributed by atoms with Crippen molar-refractivity contribution in [2.24, 2.45) is 4.99 Å². The minimum atomic E-state index is 0.561. The number of benzene rings is 2. The highest BCUT2D eigenvalue weighted by Crippen LogP contribution is 2.28. The molecule has 2 aromatic carbocycles. The number of pyridine rings is 1. The van der Waals surface area contributed by atoms with Gasteiger partial charge in [-0.25, -0.2) is 0 Å². The molecule has 1 aliphatic rings. The van der Waals surface area contributed by atoms with Gasteiger partial charge in [0.2, 0.25) is 0 Å². The van der Waals surface area contributed by atoms with Gasteiger partial charge in [-0.2, -0.15) is 0 Å². The summed E-state index contributed by atoms with van der Waals surface area (Å²) >= 11 is 0. The van der Waals surface area contributed by atoms with Crippen LogP contribution in [-0.4, -0.2) is 22.2 Å². The Morgan fingerprint density at radius 3 is 2.83 bits per heavy atom. The highest BCUT2D eigenvalue weighted by molar-refractivity contribution is 6.15. The van der Waals surface area contributed by atoms with Crippen LogP contribution < -0.4 is 4.74 Å². The number of nitrogens with one attached hydrogen (secondary N) is 1. The van der Waals surface area contributed by atoms with Gasteiger partial charge in [-0.1, -0.05) is 30.3 Å². The van der Waals surface area contributed by atoms with Crippen LogP contribution in [0.15, 0.2) is 89.8 Å². The van der Waals surface area contributed by atoms with Gasteiger partial charge in [-0.3, -0.25) is 9.98 Å². The Kier molecular flexibility index (Phi) is 5.13. The molecule has 0 saturated heterocycles. The molecule has 1 aliphatic heterocycles. The molecule has 0 radical (unpaired) electrons. The average molecular weight is 393 g/mol. The van der Waals surface area contributed by atoms with Crippen molar-refractivity contribution in [3.05, 3.63) is 102 Å². The topological polar surface area (TPSA) is 50.3 Å². The lowest BCUT2D eigenvalue weighted by Crippen LogP contribution is -2.11. The maximum absolute atomic E-state index is 6.04. The van der Waals surface area contributed by atoms with Crippen LogP contribution in [-0.2, 0) is 6.61 Å². The van der Waals surface area contributed by atoms with Crippen LogP contribution in [0.5, 0.6) is 5.75 Å². The predicted molar refractivity (Wildman–Crippen MR) is 122 cm³/mol. The second-order valence-corrected chi connectivity index (χ2v) is 7.47. The number of hydrogen-bond acceptors (Lipinski definition) is 3. The molecule has 5 rings (SSSR count). The number of aromatic nitrogens is 2. The van der Waals surface area contributed by atoms with E-state index < -0.39 is 0 Å². The van der Waals surface area contributed by atoms with Gasteiger partial charge in [0, 0.05) is 47.2 Å². The molecule has 4 aromatic rings. The molecule has 0 bridgehead atoms. The van der Waals surface area contributed by atoms with E-state index in [1.807, 2.05) is 36.5 Å². The van der Waals surface area contributed by atoms with E-state index in [4.69, 9.17) is 9.73 Å². The van der Waals surface area contributed by atoms with Crippen molar-refractivity contribution < 1.29 is 4.74 Å². The third-order valence-corrected chi connectivity index (χ3v) is 5.38. The lowest BCUT2D eigenvalue weighted by atomic mass is 9.95. The first-order chi connectivity index (χ1) is 14.9. The fourth-order valence-corrected chi connectivity index (χ4v) is 3.86. The third-order valence-electron chi connectivity index (χ3n) is 5.38. The van der Waals surface area contributed by atoms with E-state index in [1.54, 1.807) is 6.20 Å². The summed E-state index contributed by atoms with van der Waals surface area (Å²) in [4.78, 5) is 12.4. The number of rotatable bonds is 5. The molecule has 4 nitrogen and oxygen atoms in total. The Hall–Kier alpha value is -3.66. The third kappa shape index (κ3) is 3.90. The maximum Gasteiger partial charge on any atom is 0.120 e. The van der Waals surface area contributed by atoms with E-state index >= 15 is 0 Å². The monoisotopic (exact) mass is 393 g/mol. The lowest BCUT2D eigenvalue weighted by Gasteiger charge is -2.16. The molecule has 0 amide bonds. The van der Waals surface area contributed by atoms with Crippen molar-refractivity contribution >= 4 is 22.7 Å². The first-order valence-corrected chi connectivity index (χ1v) is 10.3. The molecule has 0 fully saturated rings. The highest BCUT2D eigenvalue weighted by atomic mass is 16.5. The zero-order valence-electron chi connectivity index (χ0n) is 16.7. The maximum atomic E-state index is 6.04. The zero-order chi connectivity index (χ0) is 20.2. The molecular weight excluding hydrogens is 370 g/mol. The Labute approximate surface area is 176 Å². The standard InChI is InChI=1S/C26H23N3O/c1-2-6-19(7-3-1)18-30-23-10-11-25-24(15-23)22(17-29-25)14-20-8-5-13-28-26(20)21-9-4-12-27-16-21/h1-4,6-7,9-12,14-17,29H,5,8,13,18H2/b20-14+. The summed E-state index contributed by atoms with van der Waals surface area (Å²) in [6, 6.07) is 20.5. The molecular formula is C26H23N3O. The van der Waals surface area contributed by atoms with E-state index in [9.17, 15) is 0 Å². The summed E-state index contributed by atoms with van der Waals surface area (Å²) < 4.78 is 6.04. The molecule has 148 valence electrons. The molecule has 0 aliphatic carbocycles. The smallest absolute Gasteiger partial charge is 0.120 e. The van der Waals surface area contributed by atoms with Gasteiger partial charge >= 0.3 is 0 Å². The SMILES string of the molecule is C(=C1/CCCN=C1c1cccnc1)/c1c[nH]c2ccc(OCc3ccccc3)cc12. The molecule has 3 heterocycles. The van der Waals surface area contributed by atoms with E-state index in [-0.39, 0.29) is 0 Å². The molecule has 0 atom stereocenters. The predicted octanol–water partition coefficient (Wildman–Crippen LogP) is 5.81. The lowest BCUT2D eigenvalue weighted by molar-refractivity contribution is 0.306. The number of hydrogen-bond donors (Lipinski definition) is 1. The zero-order valence-corrected chi connectivity index (χ0v) is 16.7. The van der Waals surface area contributed by atoms with Crippen LogP contribution in [0, 0.1) is 0 Å². The minimum Gasteiger partial charge on any atom is -0.489 e. The number of ether oxygens (including phenoxy) is 1. The molecule has 4 heteroatoms. The summed E-state index contributed by atoms with van der Waals surface area (Å²) in [5, 5.41) is 1.16. The quantitative estimate of drug-likeness (QED) is 0.465. The number of fused-ring (bicyclic) bond motifs is 1. The minimum absolute atomic E-state index is 0.561. The number of allylic oxidation sites excluding steroid dienone is 1. The van der Waals surface area contributed by atoms with Gasteiger partial charge in [0.05, 0.1) is 5.71 Å². The Morgan fingerprint density at radius 1 is 1.03 bits per heavy atom. The fourth-order valence-electron chi connectivity index (χ4n) is 3.86. The summed E-state index contributed by atoms with van der Waals surface area (Å²) in [7, 11) is 0. The van der Waals surface area contributed by atoms with Crippen LogP contribution in [0.25, 0.3) is 17.0 Å². The van der Waals surface area contributed by atoms with Gasteiger partial charge in [0.15, 0.2) is 0 Å². The Morgan fingerprint density at radius 2 is 1.97 bits per heavy atom. The average Bonchev–Trinajstić information content (AvgIpc) is 3.21. The van der Waals surface area contributed by atoms with Crippen molar-refractivity contribution in [1.29, 1.82) is 0 Å². The molecule has 30 heavy (non-hydrogen) atoms. The van der Waals surface area contributed by atoms with E-state index in [1.165, 1.54) is 5.57 Å². The van der Waals surface area contributed by atoms with Gasteiger partial charge in [0.1, 0.15) is 12.4 Å². The number of aliphatic imine (C=N–C) groups is 1. The van der Waals surface area contributed by atoms with Crippen molar-refractivity contribution in [3.8, 4) is 5.75 Å². The van der Waals surface area contributed by atoms with Crippen LogP contribution in [0.1, 0.15) is 29.5 Å². The van der Waals surface area contributed by atoms with E-state index in [0.717, 1.165) is 58.4 Å². The summed E-state index contributed by atoms with van der Waals surface area (Å²) in [5.41, 5.74) is 6.81. The fraction of sp³-hybridized carbons (Fsp3) is 0.154. The Bertz CT molecular complexity index is 1210. The normalized spacial score (nSPS) is 15.3. The van der Waals surface area contributed by atoms with Gasteiger partial charge in [-0.05, 0) is 60.4 Å². The number of aromatic amines is 1. The van der Waals surface area contributed by atoms with Crippen LogP contribution in [0.2, 0.25) is 0 Å². The summed E-state index contributed by atoms with van der Waals surface area (Å²) in [6.45, 7) is 1.43. The summed E-state index contributed by atoms with van der Waals surface area (Å²) in [5.74, 6) is 0.871. The second-order valence-electron chi connectivity index (χ2n) is 7.47. The molecule has 2 aromatic heterocycles. The largest absolute Gasteiger partial charge is 0.489 e. The van der Waals surface area contributed by atoms with Crippen molar-refractivity contribution in [2.45, 2.75) is 19.4 Å². The van der Waals surface area contributed by atoms with Crippen LogP contribution in [0.3, 0.4) is 0 Å². The number of H-pyrrole nitrogens is 1. The van der Waals surface area contributed by atoms with Gasteiger partial charge in [0.25, 0.3) is 0 Å². The van der Waals surface area contributed by atoms with Crippen molar-refractivity contribution in [3.63, 3.8) is 0 Å². The van der Waals surface area contributed by atoms with Gasteiger partial charge in [-0.15, -0.1) is 0 Å². The molecule has 1 N–H and O–H groups in total. The molecule has 0 saturated carbocycles.